The van der Waals surface area contributed by atoms with Gasteiger partial charge in [-0.1, -0.05) is 6.92 Å². The van der Waals surface area contributed by atoms with Gasteiger partial charge in [0.25, 0.3) is 0 Å². The number of rotatable bonds is 4. The molecule has 3 heteroatoms. The number of hydrogen-bond acceptors (Lipinski definition) is 3. The number of hydrogen-bond donors (Lipinski definition) is 2. The van der Waals surface area contributed by atoms with Crippen molar-refractivity contribution >= 4 is 0 Å². The maximum absolute atomic E-state index is 9.89. The topological polar surface area (TPSA) is 35.5 Å². The van der Waals surface area contributed by atoms with Gasteiger partial charge in [0, 0.05) is 25.2 Å². The van der Waals surface area contributed by atoms with E-state index >= 15 is 0 Å². The Hall–Kier alpha value is -0.120. The summed E-state index contributed by atoms with van der Waals surface area (Å²) in [5, 5.41) is 13.2. The van der Waals surface area contributed by atoms with E-state index in [9.17, 15) is 5.11 Å². The van der Waals surface area contributed by atoms with Gasteiger partial charge in [-0.25, -0.2) is 0 Å². The SMILES string of the molecule is CCCN(C1CNC1)[C@@H]1CCC[C@H]1O. The summed E-state index contributed by atoms with van der Waals surface area (Å²) in [4.78, 5) is 2.54. The Morgan fingerprint density at radius 3 is 2.57 bits per heavy atom. The Balaban J connectivity index is 1.93. The van der Waals surface area contributed by atoms with Crippen LogP contribution in [0.25, 0.3) is 0 Å². The lowest BCUT2D eigenvalue weighted by Gasteiger charge is -2.42. The molecule has 2 rings (SSSR count). The van der Waals surface area contributed by atoms with Crippen LogP contribution in [0.4, 0.5) is 0 Å². The highest BCUT2D eigenvalue weighted by atomic mass is 16.3. The first-order valence-corrected chi connectivity index (χ1v) is 5.97. The first-order valence-electron chi connectivity index (χ1n) is 5.97. The average molecular weight is 198 g/mol. The number of nitrogens with zero attached hydrogens (tertiary/aromatic N) is 1. The lowest BCUT2D eigenvalue weighted by atomic mass is 10.0. The van der Waals surface area contributed by atoms with Gasteiger partial charge in [0.15, 0.2) is 0 Å². The molecule has 14 heavy (non-hydrogen) atoms. The van der Waals surface area contributed by atoms with Crippen molar-refractivity contribution in [2.24, 2.45) is 0 Å². The van der Waals surface area contributed by atoms with Crippen molar-refractivity contribution in [3.05, 3.63) is 0 Å². The van der Waals surface area contributed by atoms with Crippen molar-refractivity contribution in [3.8, 4) is 0 Å². The van der Waals surface area contributed by atoms with E-state index in [0.717, 1.165) is 26.1 Å². The van der Waals surface area contributed by atoms with Crippen LogP contribution in [0.2, 0.25) is 0 Å². The van der Waals surface area contributed by atoms with Crippen molar-refractivity contribution in [1.29, 1.82) is 0 Å². The molecular formula is C11H22N2O. The first-order chi connectivity index (χ1) is 6.83. The molecule has 2 N–H and O–H groups in total. The molecule has 0 aromatic rings. The minimum absolute atomic E-state index is 0.0675. The van der Waals surface area contributed by atoms with Crippen LogP contribution >= 0.6 is 0 Å². The van der Waals surface area contributed by atoms with Crippen LogP contribution in [0, 0.1) is 0 Å². The maximum atomic E-state index is 9.89. The Morgan fingerprint density at radius 2 is 2.14 bits per heavy atom. The lowest BCUT2D eigenvalue weighted by molar-refractivity contribution is 0.0263. The quantitative estimate of drug-likeness (QED) is 0.694. The van der Waals surface area contributed by atoms with E-state index in [1.807, 2.05) is 0 Å². The van der Waals surface area contributed by atoms with Gasteiger partial charge in [-0.05, 0) is 32.2 Å². The van der Waals surface area contributed by atoms with E-state index in [0.29, 0.717) is 12.1 Å². The largest absolute Gasteiger partial charge is 0.391 e. The van der Waals surface area contributed by atoms with Crippen molar-refractivity contribution in [2.75, 3.05) is 19.6 Å². The molecule has 2 aliphatic rings. The highest BCUT2D eigenvalue weighted by molar-refractivity contribution is 4.93. The highest BCUT2D eigenvalue weighted by Crippen LogP contribution is 2.26. The number of aliphatic hydroxyl groups excluding tert-OH is 1. The van der Waals surface area contributed by atoms with Gasteiger partial charge in [0.05, 0.1) is 6.10 Å². The second kappa shape index (κ2) is 4.60. The minimum Gasteiger partial charge on any atom is -0.391 e. The van der Waals surface area contributed by atoms with E-state index in [4.69, 9.17) is 0 Å². The standard InChI is InChI=1S/C11H22N2O/c1-2-6-13(9-7-12-8-9)10-4-3-5-11(10)14/h9-12,14H,2-8H2,1H3/t10-,11-/m1/s1. The molecular weight excluding hydrogens is 176 g/mol. The molecule has 1 aliphatic carbocycles. The van der Waals surface area contributed by atoms with Crippen LogP contribution in [0.5, 0.6) is 0 Å². The fraction of sp³-hybridized carbons (Fsp3) is 1.00. The van der Waals surface area contributed by atoms with Gasteiger partial charge in [0.1, 0.15) is 0 Å². The molecule has 2 fully saturated rings. The van der Waals surface area contributed by atoms with Gasteiger partial charge < -0.3 is 10.4 Å². The summed E-state index contributed by atoms with van der Waals surface area (Å²) in [7, 11) is 0. The summed E-state index contributed by atoms with van der Waals surface area (Å²) < 4.78 is 0. The van der Waals surface area contributed by atoms with Gasteiger partial charge in [0.2, 0.25) is 0 Å². The second-order valence-corrected chi connectivity index (χ2v) is 4.62. The Bertz CT molecular complexity index is 182. The second-order valence-electron chi connectivity index (χ2n) is 4.62. The van der Waals surface area contributed by atoms with Gasteiger partial charge in [-0.2, -0.15) is 0 Å². The fourth-order valence-corrected chi connectivity index (χ4v) is 2.69. The summed E-state index contributed by atoms with van der Waals surface area (Å²) in [6.07, 6.45) is 4.52. The van der Waals surface area contributed by atoms with Gasteiger partial charge >= 0.3 is 0 Å². The third-order valence-corrected chi connectivity index (χ3v) is 3.58. The third kappa shape index (κ3) is 1.95. The number of nitrogens with one attached hydrogen (secondary N) is 1. The predicted molar refractivity (Wildman–Crippen MR) is 57.3 cm³/mol. The summed E-state index contributed by atoms with van der Waals surface area (Å²) >= 11 is 0. The fourth-order valence-electron chi connectivity index (χ4n) is 2.69. The molecule has 0 bridgehead atoms. The Labute approximate surface area is 86.5 Å². The zero-order valence-corrected chi connectivity index (χ0v) is 9.08. The molecule has 1 heterocycles. The molecule has 1 aliphatic heterocycles. The van der Waals surface area contributed by atoms with E-state index in [1.54, 1.807) is 0 Å². The Kier molecular flexibility index (Phi) is 3.42. The van der Waals surface area contributed by atoms with Crippen molar-refractivity contribution in [2.45, 2.75) is 50.8 Å². The van der Waals surface area contributed by atoms with Crippen LogP contribution in [0.15, 0.2) is 0 Å². The van der Waals surface area contributed by atoms with Crippen molar-refractivity contribution < 1.29 is 5.11 Å². The zero-order chi connectivity index (χ0) is 9.97. The van der Waals surface area contributed by atoms with Crippen molar-refractivity contribution in [3.63, 3.8) is 0 Å². The Morgan fingerprint density at radius 1 is 1.36 bits per heavy atom. The van der Waals surface area contributed by atoms with E-state index in [1.165, 1.54) is 19.3 Å². The normalized spacial score (nSPS) is 33.6. The zero-order valence-electron chi connectivity index (χ0n) is 9.08. The van der Waals surface area contributed by atoms with E-state index in [2.05, 4.69) is 17.1 Å². The summed E-state index contributed by atoms with van der Waals surface area (Å²) in [5.41, 5.74) is 0. The molecule has 1 saturated carbocycles. The molecule has 0 amide bonds. The molecule has 0 radical (unpaired) electrons. The van der Waals surface area contributed by atoms with E-state index in [-0.39, 0.29) is 6.10 Å². The van der Waals surface area contributed by atoms with Crippen LogP contribution in [-0.4, -0.2) is 47.8 Å². The van der Waals surface area contributed by atoms with Crippen LogP contribution in [0.3, 0.4) is 0 Å². The monoisotopic (exact) mass is 198 g/mol. The third-order valence-electron chi connectivity index (χ3n) is 3.58. The average Bonchev–Trinajstić information content (AvgIpc) is 2.47. The first kappa shape index (κ1) is 10.4. The van der Waals surface area contributed by atoms with Gasteiger partial charge in [-0.3, -0.25) is 4.90 Å². The number of aliphatic hydroxyl groups is 1. The lowest BCUT2D eigenvalue weighted by Crippen LogP contribution is -2.61. The summed E-state index contributed by atoms with van der Waals surface area (Å²) in [6, 6.07) is 1.13. The molecule has 0 aromatic carbocycles. The molecule has 0 spiro atoms. The molecule has 82 valence electrons. The molecule has 0 unspecified atom stereocenters. The van der Waals surface area contributed by atoms with Crippen LogP contribution in [-0.2, 0) is 0 Å². The minimum atomic E-state index is -0.0675. The van der Waals surface area contributed by atoms with Gasteiger partial charge in [-0.15, -0.1) is 0 Å². The predicted octanol–water partition coefficient (Wildman–Crippen LogP) is 0.584. The van der Waals surface area contributed by atoms with Crippen LogP contribution in [0.1, 0.15) is 32.6 Å². The molecule has 0 aromatic heterocycles. The molecule has 2 atom stereocenters. The van der Waals surface area contributed by atoms with Crippen LogP contribution < -0.4 is 5.32 Å². The molecule has 3 nitrogen and oxygen atoms in total. The van der Waals surface area contributed by atoms with Crippen molar-refractivity contribution in [1.82, 2.24) is 10.2 Å². The maximum Gasteiger partial charge on any atom is 0.0695 e. The highest BCUT2D eigenvalue weighted by Gasteiger charge is 2.35. The summed E-state index contributed by atoms with van der Waals surface area (Å²) in [6.45, 7) is 5.60. The smallest absolute Gasteiger partial charge is 0.0695 e. The summed E-state index contributed by atoms with van der Waals surface area (Å²) in [5.74, 6) is 0. The van der Waals surface area contributed by atoms with E-state index < -0.39 is 0 Å². The molecule has 1 saturated heterocycles.